The Morgan fingerprint density at radius 3 is 2.73 bits per heavy atom. The molecule has 2 unspecified atom stereocenters. The lowest BCUT2D eigenvalue weighted by Crippen LogP contribution is -2.64. The minimum absolute atomic E-state index is 0.124. The summed E-state index contributed by atoms with van der Waals surface area (Å²) < 4.78 is 15.9. The summed E-state index contributed by atoms with van der Waals surface area (Å²) in [5, 5.41) is 3.70. The molecule has 9 nitrogen and oxygen atoms in total. The normalized spacial score (nSPS) is 40.4. The molecule has 4 rings (SSSR count). The van der Waals surface area contributed by atoms with Crippen LogP contribution < -0.4 is 0 Å². The third-order valence-corrected chi connectivity index (χ3v) is 7.71. The number of ether oxygens (including phenoxy) is 2. The number of cyclic esters (lactones) is 1. The Hall–Kier alpha value is -2.80. The van der Waals surface area contributed by atoms with Crippen molar-refractivity contribution in [1.82, 2.24) is 0 Å². The molecule has 0 spiro atoms. The second-order valence-electron chi connectivity index (χ2n) is 9.16. The van der Waals surface area contributed by atoms with Gasteiger partial charge in [0.1, 0.15) is 11.9 Å². The van der Waals surface area contributed by atoms with Crippen molar-refractivity contribution < 1.29 is 28.3 Å². The van der Waals surface area contributed by atoms with Crippen LogP contribution in [0.2, 0.25) is 0 Å². The predicted octanol–water partition coefficient (Wildman–Crippen LogP) is 3.75. The van der Waals surface area contributed by atoms with E-state index in [2.05, 4.69) is 10.0 Å². The SMILES string of the molecule is COC(=O)[C@@H]1C[C@H](N=[N+]=[N-])C(=O)C2[C@@]3(C)C[C@@H](c4ccoc4)OC(=O)C3CC[C@]21C. The quantitative estimate of drug-likeness (QED) is 0.320. The fraction of sp³-hybridized carbons (Fsp3) is 0.667. The van der Waals surface area contributed by atoms with Gasteiger partial charge in [-0.25, -0.2) is 0 Å². The van der Waals surface area contributed by atoms with Crippen LogP contribution in [0.25, 0.3) is 10.4 Å². The molecule has 1 aromatic rings. The molecule has 1 saturated heterocycles. The van der Waals surface area contributed by atoms with Gasteiger partial charge >= 0.3 is 11.9 Å². The van der Waals surface area contributed by atoms with Gasteiger partial charge in [0.25, 0.3) is 0 Å². The lowest BCUT2D eigenvalue weighted by Gasteiger charge is -2.61. The van der Waals surface area contributed by atoms with Crippen molar-refractivity contribution in [2.45, 2.75) is 51.7 Å². The zero-order chi connectivity index (χ0) is 21.7. The average Bonchev–Trinajstić information content (AvgIpc) is 3.23. The second kappa shape index (κ2) is 7.16. The first-order valence-electron chi connectivity index (χ1n) is 10.1. The van der Waals surface area contributed by atoms with Crippen LogP contribution in [0.5, 0.6) is 0 Å². The van der Waals surface area contributed by atoms with E-state index < -0.39 is 46.7 Å². The van der Waals surface area contributed by atoms with E-state index >= 15 is 0 Å². The number of methoxy groups -OCH3 is 1. The largest absolute Gasteiger partial charge is 0.472 e. The Bertz CT molecular complexity index is 923. The van der Waals surface area contributed by atoms with Gasteiger partial charge in [0.2, 0.25) is 0 Å². The number of hydrogen-bond acceptors (Lipinski definition) is 7. The minimum atomic E-state index is -0.960. The minimum Gasteiger partial charge on any atom is -0.472 e. The van der Waals surface area contributed by atoms with Gasteiger partial charge in [-0.1, -0.05) is 19.0 Å². The van der Waals surface area contributed by atoms with E-state index in [1.54, 1.807) is 6.07 Å². The number of fused-ring (bicyclic) bond motifs is 3. The summed E-state index contributed by atoms with van der Waals surface area (Å²) in [4.78, 5) is 42.1. The van der Waals surface area contributed by atoms with Crippen molar-refractivity contribution in [2.24, 2.45) is 33.7 Å². The van der Waals surface area contributed by atoms with Crippen LogP contribution >= 0.6 is 0 Å². The Morgan fingerprint density at radius 1 is 1.33 bits per heavy atom. The van der Waals surface area contributed by atoms with Gasteiger partial charge in [0.15, 0.2) is 0 Å². The number of carbonyl (C=O) groups excluding carboxylic acids is 3. The van der Waals surface area contributed by atoms with Crippen molar-refractivity contribution >= 4 is 17.7 Å². The number of furan rings is 1. The maximum atomic E-state index is 13.6. The molecular weight excluding hydrogens is 390 g/mol. The van der Waals surface area contributed by atoms with Gasteiger partial charge < -0.3 is 13.9 Å². The first-order valence-corrected chi connectivity index (χ1v) is 10.1. The van der Waals surface area contributed by atoms with Crippen LogP contribution in [-0.4, -0.2) is 30.9 Å². The number of Topliss-reactive ketones (excluding diaryl/α,β-unsaturated/α-hetero) is 1. The van der Waals surface area contributed by atoms with E-state index in [1.807, 2.05) is 13.8 Å². The number of azide groups is 1. The summed E-state index contributed by atoms with van der Waals surface area (Å²) >= 11 is 0. The molecule has 30 heavy (non-hydrogen) atoms. The summed E-state index contributed by atoms with van der Waals surface area (Å²) in [6.07, 6.45) is 4.09. The van der Waals surface area contributed by atoms with E-state index in [1.165, 1.54) is 19.6 Å². The summed E-state index contributed by atoms with van der Waals surface area (Å²) in [6.45, 7) is 3.86. The third-order valence-electron chi connectivity index (χ3n) is 7.71. The van der Waals surface area contributed by atoms with Crippen LogP contribution in [-0.2, 0) is 23.9 Å². The van der Waals surface area contributed by atoms with E-state index in [-0.39, 0.29) is 18.2 Å². The summed E-state index contributed by atoms with van der Waals surface area (Å²) in [7, 11) is 1.32. The van der Waals surface area contributed by atoms with E-state index in [0.29, 0.717) is 19.3 Å². The van der Waals surface area contributed by atoms with Crippen LogP contribution in [0, 0.1) is 28.6 Å². The highest BCUT2D eigenvalue weighted by molar-refractivity contribution is 5.92. The molecule has 0 amide bonds. The molecule has 9 heteroatoms. The van der Waals surface area contributed by atoms with E-state index in [0.717, 1.165) is 5.56 Å². The number of hydrogen-bond donors (Lipinski definition) is 0. The summed E-state index contributed by atoms with van der Waals surface area (Å²) in [5.41, 5.74) is 8.27. The molecular formula is C21H25N3O6. The highest BCUT2D eigenvalue weighted by Crippen LogP contribution is 2.65. The van der Waals surface area contributed by atoms with Crippen molar-refractivity contribution in [1.29, 1.82) is 0 Å². The highest BCUT2D eigenvalue weighted by atomic mass is 16.5. The Morgan fingerprint density at radius 2 is 2.10 bits per heavy atom. The van der Waals surface area contributed by atoms with E-state index in [9.17, 15) is 14.4 Å². The maximum absolute atomic E-state index is 13.6. The lowest BCUT2D eigenvalue weighted by atomic mass is 9.43. The molecule has 7 atom stereocenters. The van der Waals surface area contributed by atoms with Crippen LogP contribution in [0.4, 0.5) is 0 Å². The van der Waals surface area contributed by atoms with Gasteiger partial charge in [-0.05, 0) is 48.1 Å². The fourth-order valence-electron chi connectivity index (χ4n) is 6.34. The maximum Gasteiger partial charge on any atom is 0.310 e. The van der Waals surface area contributed by atoms with Gasteiger partial charge in [0, 0.05) is 16.4 Å². The molecule has 1 aliphatic heterocycles. The highest BCUT2D eigenvalue weighted by Gasteiger charge is 2.67. The molecule has 2 saturated carbocycles. The van der Waals surface area contributed by atoms with E-state index in [4.69, 9.17) is 19.4 Å². The second-order valence-corrected chi connectivity index (χ2v) is 9.16. The zero-order valence-electron chi connectivity index (χ0n) is 17.2. The van der Waals surface area contributed by atoms with Crippen LogP contribution in [0.1, 0.15) is 51.2 Å². The van der Waals surface area contributed by atoms with Crippen molar-refractivity contribution in [3.05, 3.63) is 34.6 Å². The number of carbonyl (C=O) groups is 3. The number of esters is 2. The van der Waals surface area contributed by atoms with Gasteiger partial charge in [-0.3, -0.25) is 14.4 Å². The van der Waals surface area contributed by atoms with Crippen LogP contribution in [0.15, 0.2) is 28.1 Å². The van der Waals surface area contributed by atoms with Gasteiger partial charge in [-0.15, -0.1) is 0 Å². The standard InChI is InChI=1S/C21H25N3O6/c1-20-6-4-12-19(27)30-15(11-5-7-29-10-11)9-21(12,2)17(20)16(25)14(23-24-22)8-13(20)18(26)28-3/h5,7,10,12-15,17H,4,6,8-9H2,1-3H3/t12?,13-,14-,15-,17?,20-,21-/m0/s1. The molecule has 0 aromatic carbocycles. The summed E-state index contributed by atoms with van der Waals surface area (Å²) in [5.74, 6) is -2.66. The first kappa shape index (κ1) is 20.5. The number of rotatable bonds is 3. The molecule has 0 radical (unpaired) electrons. The fourth-order valence-corrected chi connectivity index (χ4v) is 6.34. The Labute approximate surface area is 173 Å². The summed E-state index contributed by atoms with van der Waals surface area (Å²) in [6, 6.07) is 0.782. The molecule has 0 bridgehead atoms. The lowest BCUT2D eigenvalue weighted by molar-refractivity contribution is -0.203. The molecule has 2 aliphatic carbocycles. The first-order chi connectivity index (χ1) is 14.3. The monoisotopic (exact) mass is 415 g/mol. The molecule has 0 N–H and O–H groups in total. The third kappa shape index (κ3) is 2.83. The van der Waals surface area contributed by atoms with Crippen LogP contribution in [0.3, 0.4) is 0 Å². The number of ketones is 1. The average molecular weight is 415 g/mol. The van der Waals surface area contributed by atoms with Gasteiger partial charge in [-0.2, -0.15) is 0 Å². The molecule has 2 heterocycles. The molecule has 160 valence electrons. The zero-order valence-corrected chi connectivity index (χ0v) is 17.2. The smallest absolute Gasteiger partial charge is 0.310 e. The number of nitrogens with zero attached hydrogens (tertiary/aromatic N) is 3. The van der Waals surface area contributed by atoms with Gasteiger partial charge in [0.05, 0.1) is 37.5 Å². The Kier molecular flexibility index (Phi) is 4.89. The molecule has 1 aromatic heterocycles. The topological polar surface area (TPSA) is 132 Å². The van der Waals surface area contributed by atoms with Crippen molar-refractivity contribution in [3.63, 3.8) is 0 Å². The van der Waals surface area contributed by atoms with Crippen molar-refractivity contribution in [3.8, 4) is 0 Å². The predicted molar refractivity (Wildman–Crippen MR) is 103 cm³/mol. The molecule has 3 fully saturated rings. The molecule has 3 aliphatic rings. The Balaban J connectivity index is 1.82. The van der Waals surface area contributed by atoms with Crippen molar-refractivity contribution in [2.75, 3.05) is 7.11 Å².